The van der Waals surface area contributed by atoms with Crippen molar-refractivity contribution in [1.29, 1.82) is 0 Å². The molecule has 7 heteroatoms. The van der Waals surface area contributed by atoms with Gasteiger partial charge in [0.15, 0.2) is 18.1 Å². The van der Waals surface area contributed by atoms with E-state index in [4.69, 9.17) is 9.47 Å². The second kappa shape index (κ2) is 10.3. The van der Waals surface area contributed by atoms with Crippen LogP contribution < -0.4 is 14.4 Å². The van der Waals surface area contributed by atoms with Crippen molar-refractivity contribution in [2.75, 3.05) is 51.9 Å². The minimum atomic E-state index is -0.438. The summed E-state index contributed by atoms with van der Waals surface area (Å²) in [7, 11) is 2.85. The van der Waals surface area contributed by atoms with Crippen LogP contribution in [0.1, 0.15) is 5.56 Å². The normalized spacial score (nSPS) is 13.9. The fourth-order valence-electron chi connectivity index (χ4n) is 3.22. The number of methoxy groups -OCH3 is 2. The Bertz CT molecular complexity index is 890. The summed E-state index contributed by atoms with van der Waals surface area (Å²) >= 11 is 0. The van der Waals surface area contributed by atoms with Crippen LogP contribution in [-0.4, -0.2) is 63.8 Å². The number of ether oxygens (including phenoxy) is 3. The molecule has 0 saturated carbocycles. The second-order valence-corrected chi connectivity index (χ2v) is 6.76. The third-order valence-electron chi connectivity index (χ3n) is 4.91. The first kappa shape index (κ1) is 21.2. The maximum Gasteiger partial charge on any atom is 0.330 e. The number of para-hydroxylation sites is 1. The fraction of sp³-hybridized carbons (Fsp3) is 0.304. The number of hydrogen-bond donors (Lipinski definition) is 0. The van der Waals surface area contributed by atoms with Crippen LogP contribution in [0.2, 0.25) is 0 Å². The van der Waals surface area contributed by atoms with Gasteiger partial charge in [0, 0.05) is 37.9 Å². The Hall–Kier alpha value is -3.48. The maximum absolute atomic E-state index is 12.6. The van der Waals surface area contributed by atoms with Gasteiger partial charge < -0.3 is 24.0 Å². The lowest BCUT2D eigenvalue weighted by atomic mass is 10.2. The first-order chi connectivity index (χ1) is 14.6. The second-order valence-electron chi connectivity index (χ2n) is 6.76. The first-order valence-electron chi connectivity index (χ1n) is 9.75. The Balaban J connectivity index is 1.53. The van der Waals surface area contributed by atoms with E-state index in [1.165, 1.54) is 26.0 Å². The third kappa shape index (κ3) is 5.53. The smallest absolute Gasteiger partial charge is 0.330 e. The highest BCUT2D eigenvalue weighted by Crippen LogP contribution is 2.28. The van der Waals surface area contributed by atoms with Crippen LogP contribution in [0.25, 0.3) is 6.08 Å². The zero-order valence-electron chi connectivity index (χ0n) is 17.2. The number of esters is 1. The van der Waals surface area contributed by atoms with Gasteiger partial charge in [-0.25, -0.2) is 4.79 Å². The molecular weight excluding hydrogens is 384 g/mol. The fourth-order valence-corrected chi connectivity index (χ4v) is 3.22. The van der Waals surface area contributed by atoms with Gasteiger partial charge in [0.05, 0.1) is 14.2 Å². The van der Waals surface area contributed by atoms with Crippen molar-refractivity contribution in [3.8, 4) is 11.5 Å². The molecule has 7 nitrogen and oxygen atoms in total. The highest BCUT2D eigenvalue weighted by molar-refractivity contribution is 5.87. The molecule has 0 aromatic heterocycles. The molecule has 0 unspecified atom stereocenters. The number of nitrogens with zero attached hydrogens (tertiary/aromatic N) is 2. The van der Waals surface area contributed by atoms with Gasteiger partial charge in [-0.1, -0.05) is 24.3 Å². The van der Waals surface area contributed by atoms with Crippen LogP contribution >= 0.6 is 0 Å². The molecule has 0 atom stereocenters. The molecule has 0 N–H and O–H groups in total. The van der Waals surface area contributed by atoms with Gasteiger partial charge >= 0.3 is 5.97 Å². The molecule has 0 radical (unpaired) electrons. The summed E-state index contributed by atoms with van der Waals surface area (Å²) in [6, 6.07) is 15.4. The van der Waals surface area contributed by atoms with E-state index < -0.39 is 5.97 Å². The molecule has 0 bridgehead atoms. The monoisotopic (exact) mass is 410 g/mol. The number of anilines is 1. The molecule has 1 aliphatic rings. The average Bonchev–Trinajstić information content (AvgIpc) is 2.81. The summed E-state index contributed by atoms with van der Waals surface area (Å²) in [5.74, 6) is 0.472. The molecule has 2 aromatic carbocycles. The van der Waals surface area contributed by atoms with E-state index in [0.29, 0.717) is 24.6 Å². The Morgan fingerprint density at radius 1 is 0.967 bits per heavy atom. The van der Waals surface area contributed by atoms with Crippen molar-refractivity contribution in [3.05, 3.63) is 60.2 Å². The quantitative estimate of drug-likeness (QED) is 0.516. The summed E-state index contributed by atoms with van der Waals surface area (Å²) in [4.78, 5) is 27.9. The molecule has 1 saturated heterocycles. The third-order valence-corrected chi connectivity index (χ3v) is 4.91. The molecule has 2 aromatic rings. The predicted octanol–water partition coefficient (Wildman–Crippen LogP) is 2.61. The van der Waals surface area contributed by atoms with Gasteiger partial charge in [-0.2, -0.15) is 0 Å². The highest BCUT2D eigenvalue weighted by atomic mass is 16.5. The van der Waals surface area contributed by atoms with Gasteiger partial charge in [-0.05, 0) is 35.9 Å². The van der Waals surface area contributed by atoms with Crippen LogP contribution in [0.3, 0.4) is 0 Å². The van der Waals surface area contributed by atoms with E-state index >= 15 is 0 Å². The summed E-state index contributed by atoms with van der Waals surface area (Å²) in [5, 5.41) is 0. The van der Waals surface area contributed by atoms with Crippen molar-refractivity contribution in [1.82, 2.24) is 4.90 Å². The van der Waals surface area contributed by atoms with E-state index in [1.807, 2.05) is 23.1 Å². The SMILES string of the molecule is COC(=O)/C=C/c1ccc(OCC(=O)N2CCN(c3ccccc3)CC2)c(OC)c1. The Labute approximate surface area is 176 Å². The zero-order chi connectivity index (χ0) is 21.3. The molecule has 3 rings (SSSR count). The number of carbonyl (C=O) groups excluding carboxylic acids is 2. The van der Waals surface area contributed by atoms with Crippen molar-refractivity contribution in [3.63, 3.8) is 0 Å². The van der Waals surface area contributed by atoms with E-state index in [2.05, 4.69) is 21.8 Å². The summed E-state index contributed by atoms with van der Waals surface area (Å²) < 4.78 is 15.6. The van der Waals surface area contributed by atoms with Gasteiger partial charge in [0.25, 0.3) is 5.91 Å². The Morgan fingerprint density at radius 2 is 1.70 bits per heavy atom. The molecule has 1 amide bonds. The van der Waals surface area contributed by atoms with E-state index in [1.54, 1.807) is 24.3 Å². The van der Waals surface area contributed by atoms with Crippen LogP contribution in [0, 0.1) is 0 Å². The van der Waals surface area contributed by atoms with E-state index in [-0.39, 0.29) is 12.5 Å². The van der Waals surface area contributed by atoms with Crippen molar-refractivity contribution in [2.24, 2.45) is 0 Å². The van der Waals surface area contributed by atoms with Crippen LogP contribution in [0.5, 0.6) is 11.5 Å². The van der Waals surface area contributed by atoms with Gasteiger partial charge in [0.2, 0.25) is 0 Å². The molecule has 1 fully saturated rings. The predicted molar refractivity (Wildman–Crippen MR) is 115 cm³/mol. The minimum Gasteiger partial charge on any atom is -0.493 e. The van der Waals surface area contributed by atoms with Gasteiger partial charge in [-0.15, -0.1) is 0 Å². The Kier molecular flexibility index (Phi) is 7.32. The van der Waals surface area contributed by atoms with E-state index in [0.717, 1.165) is 18.7 Å². The van der Waals surface area contributed by atoms with E-state index in [9.17, 15) is 9.59 Å². The number of rotatable bonds is 7. The number of hydrogen-bond acceptors (Lipinski definition) is 6. The highest BCUT2D eigenvalue weighted by Gasteiger charge is 2.22. The number of carbonyl (C=O) groups is 2. The van der Waals surface area contributed by atoms with Gasteiger partial charge in [0.1, 0.15) is 0 Å². The standard InChI is InChI=1S/C23H26N2O5/c1-28-21-16-18(9-11-23(27)29-2)8-10-20(21)30-17-22(26)25-14-12-24(13-15-25)19-6-4-3-5-7-19/h3-11,16H,12-15,17H2,1-2H3/b11-9+. The molecule has 1 aliphatic heterocycles. The van der Waals surface area contributed by atoms with Crippen molar-refractivity contribution >= 4 is 23.6 Å². The summed E-state index contributed by atoms with van der Waals surface area (Å²) in [5.41, 5.74) is 1.93. The van der Waals surface area contributed by atoms with Crippen molar-refractivity contribution < 1.29 is 23.8 Å². The lowest BCUT2D eigenvalue weighted by Gasteiger charge is -2.36. The van der Waals surface area contributed by atoms with Crippen LogP contribution in [0.15, 0.2) is 54.6 Å². The zero-order valence-corrected chi connectivity index (χ0v) is 17.2. The summed E-state index contributed by atoms with van der Waals surface area (Å²) in [6.45, 7) is 2.84. The van der Waals surface area contributed by atoms with Crippen LogP contribution in [-0.2, 0) is 14.3 Å². The lowest BCUT2D eigenvalue weighted by Crippen LogP contribution is -2.50. The minimum absolute atomic E-state index is 0.0561. The topological polar surface area (TPSA) is 68.3 Å². The number of piperazine rings is 1. The molecule has 30 heavy (non-hydrogen) atoms. The largest absolute Gasteiger partial charge is 0.493 e. The average molecular weight is 410 g/mol. The molecule has 1 heterocycles. The molecule has 0 aliphatic carbocycles. The summed E-state index contributed by atoms with van der Waals surface area (Å²) in [6.07, 6.45) is 2.95. The van der Waals surface area contributed by atoms with Crippen LogP contribution in [0.4, 0.5) is 5.69 Å². The first-order valence-corrected chi connectivity index (χ1v) is 9.75. The number of benzene rings is 2. The van der Waals surface area contributed by atoms with Crippen molar-refractivity contribution in [2.45, 2.75) is 0 Å². The Morgan fingerprint density at radius 3 is 2.37 bits per heavy atom. The maximum atomic E-state index is 12.6. The molecule has 0 spiro atoms. The number of amides is 1. The molecule has 158 valence electrons. The lowest BCUT2D eigenvalue weighted by molar-refractivity contribution is -0.135. The molecular formula is C23H26N2O5. The van der Waals surface area contributed by atoms with Gasteiger partial charge in [-0.3, -0.25) is 4.79 Å².